The van der Waals surface area contributed by atoms with Gasteiger partial charge >= 0.3 is 6.18 Å². The predicted molar refractivity (Wildman–Crippen MR) is 37.1 cm³/mol. The molecule has 0 radical (unpaired) electrons. The first-order chi connectivity index (χ1) is 5.43. The van der Waals surface area contributed by atoms with Crippen molar-refractivity contribution in [1.82, 2.24) is 4.98 Å². The van der Waals surface area contributed by atoms with Crippen molar-refractivity contribution in [3.63, 3.8) is 0 Å². The van der Waals surface area contributed by atoms with Gasteiger partial charge in [0.2, 0.25) is 0 Å². The van der Waals surface area contributed by atoms with E-state index >= 15 is 0 Å². The Kier molecular flexibility index (Phi) is 2.18. The zero-order valence-electron chi connectivity index (χ0n) is 5.97. The second-order valence-corrected chi connectivity index (χ2v) is 2.94. The first-order valence-electron chi connectivity index (χ1n) is 2.94. The molecule has 0 atom stereocenters. The normalized spacial score (nSPS) is 11.7. The first kappa shape index (κ1) is 9.18. The monoisotopic (exact) mass is 195 g/mol. The van der Waals surface area contributed by atoms with E-state index in [1.165, 1.54) is 0 Å². The molecule has 0 saturated carbocycles. The van der Waals surface area contributed by atoms with Gasteiger partial charge in [0.05, 0.1) is 5.51 Å². The highest BCUT2D eigenvalue weighted by Gasteiger charge is 2.36. The van der Waals surface area contributed by atoms with Crippen molar-refractivity contribution in [2.45, 2.75) is 13.1 Å². The molecule has 1 heterocycles. The summed E-state index contributed by atoms with van der Waals surface area (Å²) >= 11 is 0.428. The van der Waals surface area contributed by atoms with Gasteiger partial charge < -0.3 is 0 Å². The summed E-state index contributed by atoms with van der Waals surface area (Å²) in [5.41, 5.74) is 0.520. The number of rotatable bonds is 1. The molecule has 0 unspecified atom stereocenters. The van der Waals surface area contributed by atoms with Gasteiger partial charge in [-0.1, -0.05) is 0 Å². The van der Waals surface area contributed by atoms with Crippen LogP contribution >= 0.6 is 11.3 Å². The van der Waals surface area contributed by atoms with Crippen molar-refractivity contribution in [1.29, 1.82) is 0 Å². The lowest BCUT2D eigenvalue weighted by Crippen LogP contribution is -2.08. The van der Waals surface area contributed by atoms with Gasteiger partial charge in [0.1, 0.15) is 10.6 Å². The van der Waals surface area contributed by atoms with Crippen LogP contribution in [0.1, 0.15) is 22.3 Å². The van der Waals surface area contributed by atoms with Crippen molar-refractivity contribution in [2.75, 3.05) is 0 Å². The van der Waals surface area contributed by atoms with Crippen LogP contribution in [0.25, 0.3) is 0 Å². The van der Waals surface area contributed by atoms with Gasteiger partial charge in [-0.05, 0) is 0 Å². The lowest BCUT2D eigenvalue weighted by atomic mass is 10.3. The van der Waals surface area contributed by atoms with Gasteiger partial charge in [0, 0.05) is 6.92 Å². The molecule has 0 aliphatic heterocycles. The fourth-order valence-electron chi connectivity index (χ4n) is 0.698. The van der Waals surface area contributed by atoms with Crippen LogP contribution in [0.3, 0.4) is 0 Å². The fourth-order valence-corrected chi connectivity index (χ4v) is 1.40. The highest BCUT2D eigenvalue weighted by atomic mass is 32.1. The zero-order chi connectivity index (χ0) is 9.35. The third-order valence-corrected chi connectivity index (χ3v) is 2.03. The molecular formula is C6H4F3NOS. The van der Waals surface area contributed by atoms with Crippen LogP contribution in [0, 0.1) is 0 Å². The van der Waals surface area contributed by atoms with Gasteiger partial charge in [-0.15, -0.1) is 11.3 Å². The molecular weight excluding hydrogens is 191 g/mol. The standard InChI is InChI=1S/C6H4F3NOS/c1-3(11)4-5(6(7,8)9)12-2-10-4/h2H,1H3. The van der Waals surface area contributed by atoms with Crippen LogP contribution in [0.5, 0.6) is 0 Å². The smallest absolute Gasteiger partial charge is 0.293 e. The van der Waals surface area contributed by atoms with Gasteiger partial charge in [-0.2, -0.15) is 13.2 Å². The Bertz CT molecular complexity index is 304. The summed E-state index contributed by atoms with van der Waals surface area (Å²) in [6.45, 7) is 1.06. The van der Waals surface area contributed by atoms with Gasteiger partial charge in [-0.3, -0.25) is 4.79 Å². The molecule has 6 heteroatoms. The summed E-state index contributed by atoms with van der Waals surface area (Å²) in [4.78, 5) is 13.0. The van der Waals surface area contributed by atoms with E-state index in [2.05, 4.69) is 4.98 Å². The van der Waals surface area contributed by atoms with E-state index in [9.17, 15) is 18.0 Å². The number of hydrogen-bond donors (Lipinski definition) is 0. The highest BCUT2D eigenvalue weighted by Crippen LogP contribution is 2.34. The van der Waals surface area contributed by atoms with Crippen LogP contribution in [0.4, 0.5) is 13.2 Å². The lowest BCUT2D eigenvalue weighted by molar-refractivity contribution is -0.134. The van der Waals surface area contributed by atoms with E-state index in [1.54, 1.807) is 0 Å². The van der Waals surface area contributed by atoms with Crippen molar-refractivity contribution in [3.05, 3.63) is 16.1 Å². The van der Waals surface area contributed by atoms with E-state index < -0.39 is 22.5 Å². The molecule has 0 amide bonds. The third kappa shape index (κ3) is 1.63. The summed E-state index contributed by atoms with van der Waals surface area (Å²) < 4.78 is 36.2. The Morgan fingerprint density at radius 3 is 2.50 bits per heavy atom. The maximum atomic E-state index is 12.1. The number of nitrogens with zero attached hydrogens (tertiary/aromatic N) is 1. The summed E-state index contributed by atoms with van der Waals surface area (Å²) in [5.74, 6) is -0.663. The van der Waals surface area contributed by atoms with Crippen LogP contribution in [0.15, 0.2) is 5.51 Å². The maximum absolute atomic E-state index is 12.1. The predicted octanol–water partition coefficient (Wildman–Crippen LogP) is 2.36. The second-order valence-electron chi connectivity index (χ2n) is 2.08. The molecule has 0 aliphatic carbocycles. The van der Waals surface area contributed by atoms with Crippen molar-refractivity contribution >= 4 is 17.1 Å². The molecule has 0 bridgehead atoms. The van der Waals surface area contributed by atoms with E-state index in [1.807, 2.05) is 0 Å². The summed E-state index contributed by atoms with van der Waals surface area (Å²) in [5, 5.41) is 0. The van der Waals surface area contributed by atoms with E-state index in [0.29, 0.717) is 11.3 Å². The zero-order valence-corrected chi connectivity index (χ0v) is 6.79. The Balaban J connectivity index is 3.17. The Labute approximate surface area is 70.0 Å². The Hall–Kier alpha value is -0.910. The minimum Gasteiger partial charge on any atom is -0.293 e. The summed E-state index contributed by atoms with van der Waals surface area (Å²) in [6, 6.07) is 0. The van der Waals surface area contributed by atoms with E-state index in [4.69, 9.17) is 0 Å². The number of thiazole rings is 1. The molecule has 0 spiro atoms. The average molecular weight is 195 g/mol. The molecule has 1 rings (SSSR count). The van der Waals surface area contributed by atoms with E-state index in [-0.39, 0.29) is 0 Å². The van der Waals surface area contributed by atoms with Gasteiger partial charge in [-0.25, -0.2) is 4.98 Å². The largest absolute Gasteiger partial charge is 0.427 e. The minimum absolute atomic E-state index is 0.428. The van der Waals surface area contributed by atoms with Gasteiger partial charge in [0.25, 0.3) is 0 Å². The minimum atomic E-state index is -4.47. The van der Waals surface area contributed by atoms with Crippen molar-refractivity contribution < 1.29 is 18.0 Å². The molecule has 0 aromatic carbocycles. The molecule has 0 N–H and O–H groups in total. The lowest BCUT2D eigenvalue weighted by Gasteiger charge is -2.02. The van der Waals surface area contributed by atoms with Gasteiger partial charge in [0.15, 0.2) is 5.78 Å². The molecule has 0 fully saturated rings. The molecule has 66 valence electrons. The SMILES string of the molecule is CC(=O)c1ncsc1C(F)(F)F. The highest BCUT2D eigenvalue weighted by molar-refractivity contribution is 7.10. The molecule has 0 aliphatic rings. The van der Waals surface area contributed by atoms with Crippen molar-refractivity contribution in [3.8, 4) is 0 Å². The summed E-state index contributed by atoms with van der Waals surface area (Å²) in [7, 11) is 0. The van der Waals surface area contributed by atoms with Crippen LogP contribution < -0.4 is 0 Å². The fraction of sp³-hybridized carbons (Fsp3) is 0.333. The van der Waals surface area contributed by atoms with Crippen LogP contribution in [-0.2, 0) is 6.18 Å². The maximum Gasteiger partial charge on any atom is 0.427 e. The van der Waals surface area contributed by atoms with Crippen LogP contribution in [0.2, 0.25) is 0 Å². The topological polar surface area (TPSA) is 30.0 Å². The van der Waals surface area contributed by atoms with Crippen molar-refractivity contribution in [2.24, 2.45) is 0 Å². The Morgan fingerprint density at radius 2 is 2.17 bits per heavy atom. The number of carbonyl (C=O) groups is 1. The average Bonchev–Trinajstić information content (AvgIpc) is 2.30. The number of aromatic nitrogens is 1. The number of halogens is 3. The quantitative estimate of drug-likeness (QED) is 0.644. The molecule has 2 nitrogen and oxygen atoms in total. The summed E-state index contributed by atoms with van der Waals surface area (Å²) in [6.07, 6.45) is -4.47. The third-order valence-electron chi connectivity index (χ3n) is 1.16. The number of alkyl halides is 3. The molecule has 0 saturated heterocycles. The molecule has 1 aromatic heterocycles. The molecule has 12 heavy (non-hydrogen) atoms. The van der Waals surface area contributed by atoms with Crippen LogP contribution in [-0.4, -0.2) is 10.8 Å². The van der Waals surface area contributed by atoms with E-state index in [0.717, 1.165) is 12.4 Å². The number of carbonyl (C=O) groups excluding carboxylic acids is 1. The Morgan fingerprint density at radius 1 is 1.58 bits per heavy atom. The second kappa shape index (κ2) is 2.85. The first-order valence-corrected chi connectivity index (χ1v) is 3.82. The number of hydrogen-bond acceptors (Lipinski definition) is 3. The number of ketones is 1. The molecule has 1 aromatic rings. The number of Topliss-reactive ketones (excluding diaryl/α,β-unsaturated/α-hetero) is 1.